The van der Waals surface area contributed by atoms with Gasteiger partial charge in [-0.05, 0) is 36.6 Å². The SMILES string of the molecule is CC(=O)c1cccc(S(=O)(=O)NCCC(=O)Nc2ccccc2C(C)C)c1. The van der Waals surface area contributed by atoms with Crippen LogP contribution in [0, 0.1) is 0 Å². The van der Waals surface area contributed by atoms with Gasteiger partial charge in [0.05, 0.1) is 4.90 Å². The highest BCUT2D eigenvalue weighted by Crippen LogP contribution is 2.23. The van der Waals surface area contributed by atoms with Gasteiger partial charge in [-0.3, -0.25) is 9.59 Å². The van der Waals surface area contributed by atoms with Crippen molar-refractivity contribution in [1.82, 2.24) is 4.72 Å². The summed E-state index contributed by atoms with van der Waals surface area (Å²) in [5.74, 6) is -0.230. The van der Waals surface area contributed by atoms with Crippen LogP contribution in [0.25, 0.3) is 0 Å². The molecule has 0 unspecified atom stereocenters. The fraction of sp³-hybridized carbons (Fsp3) is 0.300. The Balaban J connectivity index is 1.96. The van der Waals surface area contributed by atoms with E-state index in [0.29, 0.717) is 5.56 Å². The van der Waals surface area contributed by atoms with Crippen LogP contribution >= 0.6 is 0 Å². The molecule has 7 heteroatoms. The second-order valence-corrected chi connectivity index (χ2v) is 8.29. The summed E-state index contributed by atoms with van der Waals surface area (Å²) < 4.78 is 27.1. The van der Waals surface area contributed by atoms with Crippen LogP contribution in [0.15, 0.2) is 53.4 Å². The number of nitrogens with one attached hydrogen (secondary N) is 2. The minimum Gasteiger partial charge on any atom is -0.326 e. The standard InChI is InChI=1S/C20H24N2O4S/c1-14(2)18-9-4-5-10-19(18)22-20(24)11-12-21-27(25,26)17-8-6-7-16(13-17)15(3)23/h4-10,13-14,21H,11-12H2,1-3H3,(H,22,24). The first-order valence-corrected chi connectivity index (χ1v) is 10.2. The molecular formula is C20H24N2O4S. The molecule has 0 heterocycles. The average molecular weight is 388 g/mol. The maximum Gasteiger partial charge on any atom is 0.240 e. The van der Waals surface area contributed by atoms with Gasteiger partial charge in [0.1, 0.15) is 0 Å². The number of carbonyl (C=O) groups is 2. The normalized spacial score (nSPS) is 11.4. The predicted molar refractivity (Wildman–Crippen MR) is 105 cm³/mol. The molecule has 0 saturated carbocycles. The Morgan fingerprint density at radius 2 is 1.74 bits per heavy atom. The summed E-state index contributed by atoms with van der Waals surface area (Å²) in [6, 6.07) is 13.3. The maximum absolute atomic E-state index is 12.3. The van der Waals surface area contributed by atoms with Gasteiger partial charge in [0.15, 0.2) is 5.78 Å². The van der Waals surface area contributed by atoms with Crippen molar-refractivity contribution in [2.75, 3.05) is 11.9 Å². The molecule has 0 aliphatic rings. The largest absolute Gasteiger partial charge is 0.326 e. The van der Waals surface area contributed by atoms with E-state index in [4.69, 9.17) is 0 Å². The number of hydrogen-bond donors (Lipinski definition) is 2. The van der Waals surface area contributed by atoms with Crippen LogP contribution in [-0.4, -0.2) is 26.7 Å². The molecule has 6 nitrogen and oxygen atoms in total. The quantitative estimate of drug-likeness (QED) is 0.679. The molecule has 2 rings (SSSR count). The van der Waals surface area contributed by atoms with Crippen LogP contribution in [-0.2, 0) is 14.8 Å². The van der Waals surface area contributed by atoms with Crippen molar-refractivity contribution >= 4 is 27.4 Å². The fourth-order valence-electron chi connectivity index (χ4n) is 2.59. The van der Waals surface area contributed by atoms with Crippen molar-refractivity contribution in [1.29, 1.82) is 0 Å². The molecule has 0 spiro atoms. The fourth-order valence-corrected chi connectivity index (χ4v) is 3.67. The van der Waals surface area contributed by atoms with E-state index in [1.165, 1.54) is 25.1 Å². The zero-order chi connectivity index (χ0) is 20.0. The lowest BCUT2D eigenvalue weighted by molar-refractivity contribution is -0.116. The lowest BCUT2D eigenvalue weighted by Gasteiger charge is -2.13. The Labute approximate surface area is 160 Å². The van der Waals surface area contributed by atoms with E-state index in [1.807, 2.05) is 38.1 Å². The number of sulfonamides is 1. The molecule has 2 aromatic carbocycles. The topological polar surface area (TPSA) is 92.3 Å². The highest BCUT2D eigenvalue weighted by Gasteiger charge is 2.16. The molecule has 0 fully saturated rings. The number of rotatable bonds is 8. The molecule has 0 aliphatic heterocycles. The number of anilines is 1. The van der Waals surface area contributed by atoms with Gasteiger partial charge in [-0.1, -0.05) is 44.2 Å². The highest BCUT2D eigenvalue weighted by molar-refractivity contribution is 7.89. The molecule has 2 N–H and O–H groups in total. The van der Waals surface area contributed by atoms with Gasteiger partial charge in [0.2, 0.25) is 15.9 Å². The van der Waals surface area contributed by atoms with E-state index in [0.717, 1.165) is 11.3 Å². The Morgan fingerprint density at radius 1 is 1.04 bits per heavy atom. The average Bonchev–Trinajstić information content (AvgIpc) is 2.62. The van der Waals surface area contributed by atoms with Gasteiger partial charge in [-0.15, -0.1) is 0 Å². The zero-order valence-corrected chi connectivity index (χ0v) is 16.5. The number of para-hydroxylation sites is 1. The van der Waals surface area contributed by atoms with Gasteiger partial charge < -0.3 is 5.32 Å². The van der Waals surface area contributed by atoms with Crippen LogP contribution in [0.1, 0.15) is 49.0 Å². The van der Waals surface area contributed by atoms with E-state index in [9.17, 15) is 18.0 Å². The summed E-state index contributed by atoms with van der Waals surface area (Å²) in [5, 5.41) is 2.82. The van der Waals surface area contributed by atoms with Crippen molar-refractivity contribution in [3.8, 4) is 0 Å². The smallest absolute Gasteiger partial charge is 0.240 e. The molecule has 27 heavy (non-hydrogen) atoms. The number of Topliss-reactive ketones (excluding diaryl/α,β-unsaturated/α-hetero) is 1. The predicted octanol–water partition coefficient (Wildman–Crippen LogP) is 3.32. The van der Waals surface area contributed by atoms with Gasteiger partial charge >= 0.3 is 0 Å². The van der Waals surface area contributed by atoms with Gasteiger partial charge in [0, 0.05) is 24.2 Å². The van der Waals surface area contributed by atoms with Crippen LogP contribution in [0.5, 0.6) is 0 Å². The molecule has 0 radical (unpaired) electrons. The van der Waals surface area contributed by atoms with E-state index >= 15 is 0 Å². The van der Waals surface area contributed by atoms with Crippen molar-refractivity contribution in [3.05, 3.63) is 59.7 Å². The lowest BCUT2D eigenvalue weighted by atomic mass is 10.0. The summed E-state index contributed by atoms with van der Waals surface area (Å²) in [4.78, 5) is 23.6. The molecule has 144 valence electrons. The minimum absolute atomic E-state index is 0.000705. The van der Waals surface area contributed by atoms with Crippen LogP contribution in [0.2, 0.25) is 0 Å². The van der Waals surface area contributed by atoms with E-state index in [-0.39, 0.29) is 35.5 Å². The molecule has 0 atom stereocenters. The monoisotopic (exact) mass is 388 g/mol. The van der Waals surface area contributed by atoms with E-state index in [1.54, 1.807) is 6.07 Å². The number of ketones is 1. The zero-order valence-electron chi connectivity index (χ0n) is 15.7. The van der Waals surface area contributed by atoms with Crippen molar-refractivity contribution in [2.24, 2.45) is 0 Å². The Morgan fingerprint density at radius 3 is 2.41 bits per heavy atom. The Kier molecular flexibility index (Phi) is 6.87. The molecule has 0 aliphatic carbocycles. The Hall–Kier alpha value is -2.51. The van der Waals surface area contributed by atoms with Crippen molar-refractivity contribution in [3.63, 3.8) is 0 Å². The molecule has 0 aromatic heterocycles. The number of benzene rings is 2. The summed E-state index contributed by atoms with van der Waals surface area (Å²) >= 11 is 0. The molecule has 2 aromatic rings. The van der Waals surface area contributed by atoms with Gasteiger partial charge in [-0.25, -0.2) is 13.1 Å². The van der Waals surface area contributed by atoms with E-state index < -0.39 is 10.0 Å². The minimum atomic E-state index is -3.79. The summed E-state index contributed by atoms with van der Waals surface area (Å²) in [6.45, 7) is 5.41. The number of hydrogen-bond acceptors (Lipinski definition) is 4. The second kappa shape index (κ2) is 8.92. The number of carbonyl (C=O) groups excluding carboxylic acids is 2. The molecular weight excluding hydrogens is 364 g/mol. The van der Waals surface area contributed by atoms with Gasteiger partial charge in [-0.2, -0.15) is 0 Å². The van der Waals surface area contributed by atoms with Crippen LogP contribution < -0.4 is 10.0 Å². The van der Waals surface area contributed by atoms with Crippen molar-refractivity contribution in [2.45, 2.75) is 38.0 Å². The first kappa shape index (κ1) is 20.8. The third kappa shape index (κ3) is 5.74. The Bertz CT molecular complexity index is 937. The molecule has 0 saturated heterocycles. The van der Waals surface area contributed by atoms with Gasteiger partial charge in [0.25, 0.3) is 0 Å². The first-order chi connectivity index (χ1) is 12.7. The van der Waals surface area contributed by atoms with Crippen molar-refractivity contribution < 1.29 is 18.0 Å². The third-order valence-electron chi connectivity index (χ3n) is 4.05. The lowest BCUT2D eigenvalue weighted by Crippen LogP contribution is -2.28. The summed E-state index contributed by atoms with van der Waals surface area (Å²) in [7, 11) is -3.79. The number of amides is 1. The second-order valence-electron chi connectivity index (χ2n) is 6.52. The first-order valence-electron chi connectivity index (χ1n) is 8.70. The highest BCUT2D eigenvalue weighted by atomic mass is 32.2. The molecule has 0 bridgehead atoms. The van der Waals surface area contributed by atoms with Crippen LogP contribution in [0.3, 0.4) is 0 Å². The summed E-state index contributed by atoms with van der Waals surface area (Å²) in [5.41, 5.74) is 2.07. The van der Waals surface area contributed by atoms with E-state index in [2.05, 4.69) is 10.0 Å². The summed E-state index contributed by atoms with van der Waals surface area (Å²) in [6.07, 6.45) is -0.00193. The molecule has 1 amide bonds. The maximum atomic E-state index is 12.3. The third-order valence-corrected chi connectivity index (χ3v) is 5.51. The van der Waals surface area contributed by atoms with Crippen LogP contribution in [0.4, 0.5) is 5.69 Å².